The molecule has 2 aromatic rings. The van der Waals surface area contributed by atoms with Gasteiger partial charge in [0.1, 0.15) is 5.75 Å². The average Bonchev–Trinajstić information content (AvgIpc) is 2.97. The first-order valence-corrected chi connectivity index (χ1v) is 9.67. The Bertz CT molecular complexity index is 957. The highest BCUT2D eigenvalue weighted by Crippen LogP contribution is 2.39. The fourth-order valence-electron chi connectivity index (χ4n) is 3.39. The van der Waals surface area contributed by atoms with Gasteiger partial charge in [-0.3, -0.25) is 9.59 Å². The number of likely N-dealkylation sites (N-methyl/N-ethyl adjacent to an activating group) is 1. The molecule has 1 saturated heterocycles. The maximum atomic E-state index is 13.3. The van der Waals surface area contributed by atoms with Gasteiger partial charge < -0.3 is 19.6 Å². The van der Waals surface area contributed by atoms with Crippen LogP contribution >= 0.6 is 11.6 Å². The van der Waals surface area contributed by atoms with Crippen LogP contribution in [-0.4, -0.2) is 50.9 Å². The van der Waals surface area contributed by atoms with E-state index < -0.39 is 23.5 Å². The highest BCUT2D eigenvalue weighted by atomic mass is 35.5. The van der Waals surface area contributed by atoms with Gasteiger partial charge in [-0.25, -0.2) is 0 Å². The fourth-order valence-corrected chi connectivity index (χ4v) is 3.65. The molecule has 152 valence electrons. The number of carbonyl (C=O) groups is 2. The predicted octanol–water partition coefficient (Wildman–Crippen LogP) is 0.717. The Morgan fingerprint density at radius 3 is 2.45 bits per heavy atom. The van der Waals surface area contributed by atoms with Crippen molar-refractivity contribution in [2.75, 3.05) is 34.3 Å². The van der Waals surface area contributed by atoms with Gasteiger partial charge in [-0.2, -0.15) is 0 Å². The van der Waals surface area contributed by atoms with Crippen LogP contribution in [0.5, 0.6) is 5.75 Å². The molecule has 6 nitrogen and oxygen atoms in total. The molecular formula is C22H23ClN2O4. The highest BCUT2D eigenvalue weighted by molar-refractivity contribution is 6.46. The fraction of sp³-hybridized carbons (Fsp3) is 0.273. The highest BCUT2D eigenvalue weighted by Gasteiger charge is 2.44. The van der Waals surface area contributed by atoms with E-state index in [-0.39, 0.29) is 16.2 Å². The summed E-state index contributed by atoms with van der Waals surface area (Å²) < 4.78 is 5.12. The smallest absolute Gasteiger partial charge is 0.295 e. The van der Waals surface area contributed by atoms with E-state index in [4.69, 9.17) is 16.3 Å². The second kappa shape index (κ2) is 8.68. The zero-order chi connectivity index (χ0) is 21.1. The standard InChI is InChI=1S/C22H23ClN2O4/c1-24(2)11-12-25-19(14-7-5-4-6-8-14)18(21(27)22(25)28)20(26)15-9-10-17(29-3)16(23)13-15/h4-10,13,19,26H,11-12H2,1-3H3/b20-18+. The van der Waals surface area contributed by atoms with E-state index in [1.54, 1.807) is 12.1 Å². The number of benzene rings is 2. The van der Waals surface area contributed by atoms with E-state index >= 15 is 0 Å². The molecule has 0 spiro atoms. The van der Waals surface area contributed by atoms with Crippen molar-refractivity contribution in [1.29, 1.82) is 0 Å². The van der Waals surface area contributed by atoms with Gasteiger partial charge in [-0.1, -0.05) is 53.8 Å². The van der Waals surface area contributed by atoms with Crippen molar-refractivity contribution in [2.45, 2.75) is 6.04 Å². The number of Topliss-reactive ketones (excluding diaryl/α,β-unsaturated/α-hetero) is 1. The molecular weight excluding hydrogens is 392 g/mol. The Balaban J connectivity index is 2.13. The molecule has 1 heterocycles. The lowest BCUT2D eigenvalue weighted by molar-refractivity contribution is -0.857. The number of quaternary nitrogens is 1. The van der Waals surface area contributed by atoms with Crippen LogP contribution in [0.2, 0.25) is 5.02 Å². The van der Waals surface area contributed by atoms with E-state index in [9.17, 15) is 14.7 Å². The Morgan fingerprint density at radius 1 is 1.17 bits per heavy atom. The zero-order valence-electron chi connectivity index (χ0n) is 16.6. The minimum absolute atomic E-state index is 0.0452. The minimum atomic E-state index is -0.760. The van der Waals surface area contributed by atoms with E-state index in [0.717, 1.165) is 10.5 Å². The first-order chi connectivity index (χ1) is 13.8. The number of ketones is 1. The summed E-state index contributed by atoms with van der Waals surface area (Å²) >= 11 is 6.16. The van der Waals surface area contributed by atoms with Crippen molar-refractivity contribution in [3.8, 4) is 5.75 Å². The number of ether oxygens (including phenoxy) is 1. The lowest BCUT2D eigenvalue weighted by Crippen LogP contribution is -3.06. The molecule has 1 aliphatic rings. The number of halogens is 1. The van der Waals surface area contributed by atoms with E-state index in [2.05, 4.69) is 0 Å². The predicted molar refractivity (Wildman–Crippen MR) is 109 cm³/mol. The molecule has 0 bridgehead atoms. The van der Waals surface area contributed by atoms with Crippen LogP contribution in [-0.2, 0) is 9.59 Å². The van der Waals surface area contributed by atoms with Crippen molar-refractivity contribution in [3.05, 3.63) is 70.3 Å². The van der Waals surface area contributed by atoms with Crippen molar-refractivity contribution in [2.24, 2.45) is 0 Å². The lowest BCUT2D eigenvalue weighted by Gasteiger charge is -2.27. The summed E-state index contributed by atoms with van der Waals surface area (Å²) in [6, 6.07) is 13.0. The molecule has 1 N–H and O–H groups in total. The molecule has 0 radical (unpaired) electrons. The van der Waals surface area contributed by atoms with Crippen molar-refractivity contribution in [3.63, 3.8) is 0 Å². The zero-order valence-corrected chi connectivity index (χ0v) is 17.3. The molecule has 0 saturated carbocycles. The number of methoxy groups -OCH3 is 1. The van der Waals surface area contributed by atoms with Gasteiger partial charge in [-0.15, -0.1) is 0 Å². The summed E-state index contributed by atoms with van der Waals surface area (Å²) in [5.41, 5.74) is 0.924. The van der Waals surface area contributed by atoms with Gasteiger partial charge in [0, 0.05) is 5.57 Å². The normalized spacial score (nSPS) is 18.5. The Hall–Kier alpha value is -2.83. The molecule has 1 fully saturated rings. The van der Waals surface area contributed by atoms with Gasteiger partial charge in [0.15, 0.2) is 0 Å². The number of hydrogen-bond donors (Lipinski definition) is 1. The summed E-state index contributed by atoms with van der Waals surface area (Å²) in [4.78, 5) is 28.2. The lowest BCUT2D eigenvalue weighted by atomic mass is 9.95. The molecule has 1 unspecified atom stereocenters. The van der Waals surface area contributed by atoms with Gasteiger partial charge in [0.25, 0.3) is 5.91 Å². The number of nitrogens with zero attached hydrogens (tertiary/aromatic N) is 1. The molecule has 1 amide bonds. The van der Waals surface area contributed by atoms with Crippen LogP contribution in [0.1, 0.15) is 17.2 Å². The van der Waals surface area contributed by atoms with Gasteiger partial charge >= 0.3 is 0 Å². The molecule has 7 heteroatoms. The number of amides is 1. The van der Waals surface area contributed by atoms with Crippen LogP contribution in [0, 0.1) is 0 Å². The maximum Gasteiger partial charge on any atom is 0.295 e. The van der Waals surface area contributed by atoms with Gasteiger partial charge in [-0.05, 0) is 23.3 Å². The number of rotatable bonds is 6. The maximum absolute atomic E-state index is 13.3. The summed E-state index contributed by atoms with van der Waals surface area (Å²) in [6.07, 6.45) is 0. The van der Waals surface area contributed by atoms with Crippen molar-refractivity contribution < 1.29 is 24.3 Å². The molecule has 29 heavy (non-hydrogen) atoms. The van der Waals surface area contributed by atoms with Gasteiger partial charge in [0.05, 0.1) is 45.4 Å². The number of nitrogens with one attached hydrogen (secondary N) is 1. The molecule has 1 atom stereocenters. The Morgan fingerprint density at radius 2 is 1.86 bits per heavy atom. The van der Waals surface area contributed by atoms with Crippen molar-refractivity contribution >= 4 is 29.1 Å². The molecule has 1 aliphatic heterocycles. The number of hydrogen-bond acceptors (Lipinski definition) is 4. The summed E-state index contributed by atoms with van der Waals surface area (Å²) in [5, 5.41) is 13.5. The number of likely N-dealkylation sites (tertiary alicyclic amines) is 1. The van der Waals surface area contributed by atoms with Crippen LogP contribution in [0.25, 0.3) is 5.76 Å². The molecule has 2 aromatic carbocycles. The minimum Gasteiger partial charge on any atom is -0.872 e. The van der Waals surface area contributed by atoms with Crippen LogP contribution in [0.4, 0.5) is 0 Å². The Labute approximate surface area is 174 Å². The molecule has 0 aromatic heterocycles. The Kier molecular flexibility index (Phi) is 6.25. The third-order valence-corrected chi connectivity index (χ3v) is 5.21. The summed E-state index contributed by atoms with van der Waals surface area (Å²) in [6.45, 7) is 1.02. The second-order valence-corrected chi connectivity index (χ2v) is 7.60. The first-order valence-electron chi connectivity index (χ1n) is 9.29. The van der Waals surface area contributed by atoms with Crippen molar-refractivity contribution in [1.82, 2.24) is 4.90 Å². The SMILES string of the molecule is COc1ccc(/C([O-])=C2\C(=O)C(=O)N(CC[NH+](C)C)C2c2ccccc2)cc1Cl. The summed E-state index contributed by atoms with van der Waals surface area (Å²) in [5.74, 6) is -1.48. The van der Waals surface area contributed by atoms with Crippen LogP contribution < -0.4 is 14.7 Å². The largest absolute Gasteiger partial charge is 0.872 e. The molecule has 0 aliphatic carbocycles. The first kappa shape index (κ1) is 20.9. The number of carbonyl (C=O) groups excluding carboxylic acids is 2. The third-order valence-electron chi connectivity index (χ3n) is 4.91. The topological polar surface area (TPSA) is 74.1 Å². The van der Waals surface area contributed by atoms with Crippen LogP contribution in [0.15, 0.2) is 54.1 Å². The third kappa shape index (κ3) is 4.13. The van der Waals surface area contributed by atoms with E-state index in [1.807, 2.05) is 44.4 Å². The van der Waals surface area contributed by atoms with Crippen LogP contribution in [0.3, 0.4) is 0 Å². The van der Waals surface area contributed by atoms with E-state index in [0.29, 0.717) is 18.8 Å². The monoisotopic (exact) mass is 414 g/mol. The average molecular weight is 415 g/mol. The molecule has 3 rings (SSSR count). The second-order valence-electron chi connectivity index (χ2n) is 7.19. The van der Waals surface area contributed by atoms with Gasteiger partial charge in [0.2, 0.25) is 5.78 Å². The summed E-state index contributed by atoms with van der Waals surface area (Å²) in [7, 11) is 5.41. The van der Waals surface area contributed by atoms with E-state index in [1.165, 1.54) is 18.1 Å². The quantitative estimate of drug-likeness (QED) is 0.429.